The molecule has 3 rings (SSSR count). The SMILES string of the molecule is N#CC1(C(=O)Nc2ccc(N3CCNC(=O)C3)nc2)CCC1. The molecule has 114 valence electrons. The van der Waals surface area contributed by atoms with E-state index in [4.69, 9.17) is 5.26 Å². The highest BCUT2D eigenvalue weighted by Crippen LogP contribution is 2.41. The summed E-state index contributed by atoms with van der Waals surface area (Å²) in [7, 11) is 0. The van der Waals surface area contributed by atoms with Gasteiger partial charge >= 0.3 is 0 Å². The normalized spacial score (nSPS) is 19.6. The molecule has 22 heavy (non-hydrogen) atoms. The number of pyridine rings is 1. The highest BCUT2D eigenvalue weighted by molar-refractivity contribution is 5.97. The predicted molar refractivity (Wildman–Crippen MR) is 80.0 cm³/mol. The van der Waals surface area contributed by atoms with E-state index in [0.29, 0.717) is 37.4 Å². The fourth-order valence-electron chi connectivity index (χ4n) is 2.65. The molecule has 1 aromatic rings. The third kappa shape index (κ3) is 2.60. The van der Waals surface area contributed by atoms with Crippen LogP contribution in [0.2, 0.25) is 0 Å². The maximum absolute atomic E-state index is 12.2. The van der Waals surface area contributed by atoms with Crippen LogP contribution in [0, 0.1) is 16.7 Å². The van der Waals surface area contributed by atoms with Crippen LogP contribution in [-0.2, 0) is 9.59 Å². The number of carbonyl (C=O) groups is 2. The lowest BCUT2D eigenvalue weighted by Gasteiger charge is -2.33. The fraction of sp³-hybridized carbons (Fsp3) is 0.467. The van der Waals surface area contributed by atoms with Crippen molar-refractivity contribution in [3.8, 4) is 6.07 Å². The van der Waals surface area contributed by atoms with E-state index < -0.39 is 5.41 Å². The van der Waals surface area contributed by atoms with Gasteiger partial charge < -0.3 is 15.5 Å². The Hall–Kier alpha value is -2.62. The van der Waals surface area contributed by atoms with E-state index in [1.807, 2.05) is 4.90 Å². The molecule has 0 atom stereocenters. The first-order chi connectivity index (χ1) is 10.6. The third-order valence-electron chi connectivity index (χ3n) is 4.22. The quantitative estimate of drug-likeness (QED) is 0.854. The number of nitriles is 1. The van der Waals surface area contributed by atoms with Gasteiger partial charge in [0.05, 0.1) is 24.5 Å². The van der Waals surface area contributed by atoms with Gasteiger partial charge in [-0.3, -0.25) is 9.59 Å². The molecule has 1 saturated heterocycles. The summed E-state index contributed by atoms with van der Waals surface area (Å²) < 4.78 is 0. The van der Waals surface area contributed by atoms with Crippen molar-refractivity contribution < 1.29 is 9.59 Å². The van der Waals surface area contributed by atoms with E-state index in [1.54, 1.807) is 18.3 Å². The molecule has 7 heteroatoms. The highest BCUT2D eigenvalue weighted by Gasteiger charge is 2.44. The summed E-state index contributed by atoms with van der Waals surface area (Å²) >= 11 is 0. The minimum Gasteiger partial charge on any atom is -0.353 e. The summed E-state index contributed by atoms with van der Waals surface area (Å²) in [6.07, 6.45) is 3.70. The number of nitrogens with one attached hydrogen (secondary N) is 2. The van der Waals surface area contributed by atoms with Crippen molar-refractivity contribution in [1.82, 2.24) is 10.3 Å². The Bertz CT molecular complexity index is 630. The van der Waals surface area contributed by atoms with E-state index in [0.717, 1.165) is 6.42 Å². The first-order valence-electron chi connectivity index (χ1n) is 7.33. The third-order valence-corrected chi connectivity index (χ3v) is 4.22. The second-order valence-electron chi connectivity index (χ2n) is 5.68. The molecule has 1 aromatic heterocycles. The van der Waals surface area contributed by atoms with Crippen molar-refractivity contribution in [2.75, 3.05) is 29.9 Å². The van der Waals surface area contributed by atoms with Crippen molar-refractivity contribution in [3.63, 3.8) is 0 Å². The molecule has 0 unspecified atom stereocenters. The van der Waals surface area contributed by atoms with Crippen LogP contribution in [0.25, 0.3) is 0 Å². The highest BCUT2D eigenvalue weighted by atomic mass is 16.2. The van der Waals surface area contributed by atoms with Gasteiger partial charge in [0.2, 0.25) is 11.8 Å². The molecule has 0 spiro atoms. The maximum Gasteiger partial charge on any atom is 0.244 e. The molecule has 0 aromatic carbocycles. The van der Waals surface area contributed by atoms with Gasteiger partial charge in [-0.2, -0.15) is 5.26 Å². The molecular weight excluding hydrogens is 282 g/mol. The average Bonchev–Trinajstić information content (AvgIpc) is 2.47. The molecule has 2 N–H and O–H groups in total. The average molecular weight is 299 g/mol. The summed E-state index contributed by atoms with van der Waals surface area (Å²) in [6.45, 7) is 1.60. The number of hydrogen-bond donors (Lipinski definition) is 2. The summed E-state index contributed by atoms with van der Waals surface area (Å²) in [5, 5.41) is 14.7. The number of aromatic nitrogens is 1. The Morgan fingerprint density at radius 3 is 2.82 bits per heavy atom. The Labute approximate surface area is 128 Å². The number of anilines is 2. The number of piperazine rings is 1. The molecule has 0 radical (unpaired) electrons. The van der Waals surface area contributed by atoms with Gasteiger partial charge in [0.15, 0.2) is 0 Å². The Balaban J connectivity index is 1.66. The van der Waals surface area contributed by atoms with Crippen LogP contribution < -0.4 is 15.5 Å². The second-order valence-corrected chi connectivity index (χ2v) is 5.68. The number of nitrogens with zero attached hydrogens (tertiary/aromatic N) is 3. The lowest BCUT2D eigenvalue weighted by atomic mass is 9.69. The summed E-state index contributed by atoms with van der Waals surface area (Å²) in [5.74, 6) is 0.422. The largest absolute Gasteiger partial charge is 0.353 e. The molecule has 1 saturated carbocycles. The molecule has 2 aliphatic rings. The molecule has 1 aliphatic heterocycles. The van der Waals surface area contributed by atoms with E-state index in [-0.39, 0.29) is 18.4 Å². The van der Waals surface area contributed by atoms with Gasteiger partial charge in [-0.1, -0.05) is 0 Å². The first-order valence-corrected chi connectivity index (χ1v) is 7.33. The number of carbonyl (C=O) groups excluding carboxylic acids is 2. The maximum atomic E-state index is 12.2. The van der Waals surface area contributed by atoms with Crippen LogP contribution in [0.4, 0.5) is 11.5 Å². The molecular formula is C15H17N5O2. The topological polar surface area (TPSA) is 98.1 Å². The standard InChI is InChI=1S/C15H17N5O2/c16-10-15(4-1-5-15)14(22)19-11-2-3-12(18-8-11)20-7-6-17-13(21)9-20/h2-3,8H,1,4-7,9H2,(H,17,21)(H,19,22). The van der Waals surface area contributed by atoms with Gasteiger partial charge in [0, 0.05) is 13.1 Å². The smallest absolute Gasteiger partial charge is 0.244 e. The second kappa shape index (κ2) is 5.64. The van der Waals surface area contributed by atoms with Gasteiger partial charge in [-0.15, -0.1) is 0 Å². The van der Waals surface area contributed by atoms with Gasteiger partial charge in [0.25, 0.3) is 0 Å². The number of hydrogen-bond acceptors (Lipinski definition) is 5. The van der Waals surface area contributed by atoms with Crippen molar-refractivity contribution in [1.29, 1.82) is 5.26 Å². The van der Waals surface area contributed by atoms with Gasteiger partial charge in [-0.05, 0) is 31.4 Å². The molecule has 0 bridgehead atoms. The van der Waals surface area contributed by atoms with Gasteiger partial charge in [0.1, 0.15) is 11.2 Å². The summed E-state index contributed by atoms with van der Waals surface area (Å²) in [6, 6.07) is 5.64. The minimum atomic E-state index is -0.871. The summed E-state index contributed by atoms with van der Waals surface area (Å²) in [5.41, 5.74) is -0.305. The van der Waals surface area contributed by atoms with Crippen molar-refractivity contribution in [3.05, 3.63) is 18.3 Å². The monoisotopic (exact) mass is 299 g/mol. The molecule has 2 fully saturated rings. The zero-order chi connectivity index (χ0) is 15.6. The van der Waals surface area contributed by atoms with E-state index >= 15 is 0 Å². The number of rotatable bonds is 3. The minimum absolute atomic E-state index is 0.0219. The van der Waals surface area contributed by atoms with Crippen LogP contribution in [0.1, 0.15) is 19.3 Å². The van der Waals surface area contributed by atoms with Crippen LogP contribution in [-0.4, -0.2) is 36.4 Å². The lowest BCUT2D eigenvalue weighted by Crippen LogP contribution is -2.48. The van der Waals surface area contributed by atoms with E-state index in [9.17, 15) is 9.59 Å². The molecule has 2 heterocycles. The van der Waals surface area contributed by atoms with Gasteiger partial charge in [-0.25, -0.2) is 4.98 Å². The zero-order valence-corrected chi connectivity index (χ0v) is 12.1. The molecule has 1 aliphatic carbocycles. The molecule has 2 amide bonds. The van der Waals surface area contributed by atoms with E-state index in [2.05, 4.69) is 21.7 Å². The zero-order valence-electron chi connectivity index (χ0n) is 12.1. The van der Waals surface area contributed by atoms with Crippen LogP contribution in [0.3, 0.4) is 0 Å². The van der Waals surface area contributed by atoms with Crippen LogP contribution in [0.15, 0.2) is 18.3 Å². The molecule has 7 nitrogen and oxygen atoms in total. The number of amides is 2. The Morgan fingerprint density at radius 1 is 1.45 bits per heavy atom. The van der Waals surface area contributed by atoms with Crippen molar-refractivity contribution in [2.45, 2.75) is 19.3 Å². The van der Waals surface area contributed by atoms with Crippen LogP contribution in [0.5, 0.6) is 0 Å². The van der Waals surface area contributed by atoms with E-state index in [1.165, 1.54) is 0 Å². The Kier molecular flexibility index (Phi) is 3.67. The first kappa shape index (κ1) is 14.3. The fourth-order valence-corrected chi connectivity index (χ4v) is 2.65. The lowest BCUT2D eigenvalue weighted by molar-refractivity contribution is -0.126. The predicted octanol–water partition coefficient (Wildman–Crippen LogP) is 0.650. The Morgan fingerprint density at radius 2 is 2.27 bits per heavy atom. The van der Waals surface area contributed by atoms with Crippen molar-refractivity contribution >= 4 is 23.3 Å². The van der Waals surface area contributed by atoms with Crippen molar-refractivity contribution in [2.24, 2.45) is 5.41 Å². The van der Waals surface area contributed by atoms with Crippen LogP contribution >= 0.6 is 0 Å². The summed E-state index contributed by atoms with van der Waals surface area (Å²) in [4.78, 5) is 29.7.